The molecular formula is C18H27NO. The zero-order valence-electron chi connectivity index (χ0n) is 12.6. The first-order valence-corrected chi connectivity index (χ1v) is 8.13. The van der Waals surface area contributed by atoms with Crippen molar-refractivity contribution in [2.45, 2.75) is 63.0 Å². The molecule has 0 bridgehead atoms. The van der Waals surface area contributed by atoms with E-state index in [1.54, 1.807) is 0 Å². The van der Waals surface area contributed by atoms with Crippen LogP contribution in [-0.2, 0) is 11.2 Å². The Bertz CT molecular complexity index is 440. The van der Waals surface area contributed by atoms with Crippen LogP contribution in [0.4, 0.5) is 0 Å². The highest BCUT2D eigenvalue weighted by atomic mass is 16.5. The fourth-order valence-electron chi connectivity index (χ4n) is 3.97. The molecule has 2 atom stereocenters. The van der Waals surface area contributed by atoms with Crippen LogP contribution < -0.4 is 5.73 Å². The van der Waals surface area contributed by atoms with E-state index < -0.39 is 0 Å². The zero-order chi connectivity index (χ0) is 14.1. The lowest BCUT2D eigenvalue weighted by Gasteiger charge is -2.51. The average molecular weight is 273 g/mol. The molecule has 1 aromatic rings. The Labute approximate surface area is 122 Å². The minimum atomic E-state index is -0.0757. The lowest BCUT2D eigenvalue weighted by Crippen LogP contribution is -2.56. The summed E-state index contributed by atoms with van der Waals surface area (Å²) in [7, 11) is 0. The number of rotatable bonds is 4. The summed E-state index contributed by atoms with van der Waals surface area (Å²) in [5.41, 5.74) is 8.33. The van der Waals surface area contributed by atoms with Gasteiger partial charge in [-0.1, -0.05) is 37.3 Å². The molecule has 1 saturated heterocycles. The van der Waals surface area contributed by atoms with E-state index in [1.807, 2.05) is 0 Å². The standard InChI is InChI=1S/C18H27NO/c1-2-18(19,13-15-7-4-3-5-8-15)16-9-12-20-17(14-16)10-6-11-17/h3-5,7-8,16H,2,6,9-14,19H2,1H3. The van der Waals surface area contributed by atoms with Crippen LogP contribution in [0.3, 0.4) is 0 Å². The minimum Gasteiger partial charge on any atom is -0.375 e. The molecule has 2 aliphatic rings. The van der Waals surface area contributed by atoms with Crippen LogP contribution in [0.1, 0.15) is 51.0 Å². The van der Waals surface area contributed by atoms with E-state index in [2.05, 4.69) is 37.3 Å². The van der Waals surface area contributed by atoms with Gasteiger partial charge in [-0.3, -0.25) is 0 Å². The molecule has 20 heavy (non-hydrogen) atoms. The molecule has 0 aromatic heterocycles. The van der Waals surface area contributed by atoms with Gasteiger partial charge >= 0.3 is 0 Å². The van der Waals surface area contributed by atoms with Crippen molar-refractivity contribution in [3.63, 3.8) is 0 Å². The molecule has 2 N–H and O–H groups in total. The third-order valence-corrected chi connectivity index (χ3v) is 5.61. The van der Waals surface area contributed by atoms with E-state index in [4.69, 9.17) is 10.5 Å². The Hall–Kier alpha value is -0.860. The SMILES string of the molecule is CCC(N)(Cc1ccccc1)C1CCOC2(CCC2)C1. The molecule has 1 aliphatic heterocycles. The predicted molar refractivity (Wildman–Crippen MR) is 82.6 cm³/mol. The van der Waals surface area contributed by atoms with Gasteiger partial charge in [0.1, 0.15) is 0 Å². The molecule has 0 amide bonds. The lowest BCUT2D eigenvalue weighted by molar-refractivity contribution is -0.152. The average Bonchev–Trinajstić information content (AvgIpc) is 2.47. The van der Waals surface area contributed by atoms with Gasteiger partial charge in [-0.2, -0.15) is 0 Å². The van der Waals surface area contributed by atoms with Crippen LogP contribution in [0.25, 0.3) is 0 Å². The van der Waals surface area contributed by atoms with Crippen molar-refractivity contribution >= 4 is 0 Å². The summed E-state index contributed by atoms with van der Waals surface area (Å²) in [4.78, 5) is 0. The maximum Gasteiger partial charge on any atom is 0.0686 e. The van der Waals surface area contributed by atoms with Crippen LogP contribution >= 0.6 is 0 Å². The molecular weight excluding hydrogens is 246 g/mol. The van der Waals surface area contributed by atoms with E-state index in [1.165, 1.54) is 31.2 Å². The van der Waals surface area contributed by atoms with Gasteiger partial charge in [0.05, 0.1) is 5.60 Å². The Kier molecular flexibility index (Phi) is 3.87. The molecule has 0 radical (unpaired) electrons. The summed E-state index contributed by atoms with van der Waals surface area (Å²) in [6.45, 7) is 3.14. The molecule has 1 aromatic carbocycles. The fraction of sp³-hybridized carbons (Fsp3) is 0.667. The van der Waals surface area contributed by atoms with Crippen molar-refractivity contribution in [1.82, 2.24) is 0 Å². The van der Waals surface area contributed by atoms with E-state index in [0.717, 1.165) is 25.9 Å². The quantitative estimate of drug-likeness (QED) is 0.908. The Morgan fingerprint density at radius 3 is 2.65 bits per heavy atom. The normalized spacial score (nSPS) is 27.8. The first-order valence-electron chi connectivity index (χ1n) is 8.13. The van der Waals surface area contributed by atoms with Gasteiger partial charge in [0.25, 0.3) is 0 Å². The molecule has 1 saturated carbocycles. The highest BCUT2D eigenvalue weighted by molar-refractivity contribution is 5.18. The molecule has 2 fully saturated rings. The molecule has 3 rings (SSSR count). The highest BCUT2D eigenvalue weighted by Crippen LogP contribution is 2.47. The Balaban J connectivity index is 1.74. The molecule has 1 aliphatic carbocycles. The third-order valence-electron chi connectivity index (χ3n) is 5.61. The van der Waals surface area contributed by atoms with Crippen molar-refractivity contribution in [2.24, 2.45) is 11.7 Å². The number of benzene rings is 1. The molecule has 1 spiro atoms. The van der Waals surface area contributed by atoms with Crippen LogP contribution in [-0.4, -0.2) is 17.7 Å². The van der Waals surface area contributed by atoms with E-state index in [-0.39, 0.29) is 11.1 Å². The maximum atomic E-state index is 6.85. The number of ether oxygens (including phenoxy) is 1. The number of hydrogen-bond acceptors (Lipinski definition) is 2. The van der Waals surface area contributed by atoms with Crippen molar-refractivity contribution in [2.75, 3.05) is 6.61 Å². The van der Waals surface area contributed by atoms with Crippen molar-refractivity contribution < 1.29 is 4.74 Å². The summed E-state index contributed by atoms with van der Waals surface area (Å²) in [6, 6.07) is 10.7. The lowest BCUT2D eigenvalue weighted by atomic mass is 9.65. The van der Waals surface area contributed by atoms with Gasteiger partial charge in [0.15, 0.2) is 0 Å². The summed E-state index contributed by atoms with van der Waals surface area (Å²) >= 11 is 0. The molecule has 2 heteroatoms. The van der Waals surface area contributed by atoms with Crippen LogP contribution in [0.2, 0.25) is 0 Å². The molecule has 110 valence electrons. The summed E-state index contributed by atoms with van der Waals surface area (Å²) in [5, 5.41) is 0. The summed E-state index contributed by atoms with van der Waals surface area (Å²) < 4.78 is 6.07. The fourth-order valence-corrected chi connectivity index (χ4v) is 3.97. The van der Waals surface area contributed by atoms with Gasteiger partial charge in [-0.05, 0) is 56.4 Å². The monoisotopic (exact) mass is 273 g/mol. The van der Waals surface area contributed by atoms with Crippen LogP contribution in [0.15, 0.2) is 30.3 Å². The smallest absolute Gasteiger partial charge is 0.0686 e. The Morgan fingerprint density at radius 1 is 1.30 bits per heavy atom. The third kappa shape index (κ3) is 2.64. The van der Waals surface area contributed by atoms with Gasteiger partial charge in [0, 0.05) is 12.1 Å². The maximum absolute atomic E-state index is 6.85. The van der Waals surface area contributed by atoms with Gasteiger partial charge < -0.3 is 10.5 Å². The van der Waals surface area contributed by atoms with Gasteiger partial charge in [-0.25, -0.2) is 0 Å². The zero-order valence-corrected chi connectivity index (χ0v) is 12.6. The topological polar surface area (TPSA) is 35.2 Å². The van der Waals surface area contributed by atoms with Gasteiger partial charge in [-0.15, -0.1) is 0 Å². The first-order chi connectivity index (χ1) is 9.66. The Morgan fingerprint density at radius 2 is 2.05 bits per heavy atom. The second-order valence-electron chi connectivity index (χ2n) is 6.82. The molecule has 2 unspecified atom stereocenters. The summed E-state index contributed by atoms with van der Waals surface area (Å²) in [6.07, 6.45) is 8.15. The van der Waals surface area contributed by atoms with E-state index >= 15 is 0 Å². The van der Waals surface area contributed by atoms with Crippen LogP contribution in [0, 0.1) is 5.92 Å². The van der Waals surface area contributed by atoms with Crippen molar-refractivity contribution in [3.8, 4) is 0 Å². The highest BCUT2D eigenvalue weighted by Gasteiger charge is 2.47. The first kappa shape index (κ1) is 14.1. The number of nitrogens with two attached hydrogens (primary N) is 1. The van der Waals surface area contributed by atoms with Crippen molar-refractivity contribution in [3.05, 3.63) is 35.9 Å². The van der Waals surface area contributed by atoms with E-state index in [9.17, 15) is 0 Å². The molecule has 1 heterocycles. The minimum absolute atomic E-state index is 0.0757. The largest absolute Gasteiger partial charge is 0.375 e. The van der Waals surface area contributed by atoms with E-state index in [0.29, 0.717) is 5.92 Å². The predicted octanol–water partition coefficient (Wildman–Crippen LogP) is 3.69. The number of hydrogen-bond donors (Lipinski definition) is 1. The second-order valence-corrected chi connectivity index (χ2v) is 6.82. The molecule has 2 nitrogen and oxygen atoms in total. The van der Waals surface area contributed by atoms with Crippen molar-refractivity contribution in [1.29, 1.82) is 0 Å². The van der Waals surface area contributed by atoms with Crippen LogP contribution in [0.5, 0.6) is 0 Å². The summed E-state index contributed by atoms with van der Waals surface area (Å²) in [5.74, 6) is 0.599. The van der Waals surface area contributed by atoms with Gasteiger partial charge in [0.2, 0.25) is 0 Å². The second kappa shape index (κ2) is 5.50.